The first-order valence-electron chi connectivity index (χ1n) is 13.4. The third-order valence-electron chi connectivity index (χ3n) is 7.85. The zero-order chi connectivity index (χ0) is 30.4. The molecule has 0 radical (unpaired) electrons. The summed E-state index contributed by atoms with van der Waals surface area (Å²) >= 11 is 0. The van der Waals surface area contributed by atoms with E-state index in [4.69, 9.17) is 9.84 Å². The lowest BCUT2D eigenvalue weighted by atomic mass is 9.89. The second kappa shape index (κ2) is 10.6. The minimum atomic E-state index is -1.72. The van der Waals surface area contributed by atoms with Crippen LogP contribution in [0.2, 0.25) is 0 Å². The van der Waals surface area contributed by atoms with Gasteiger partial charge < -0.3 is 25.3 Å². The summed E-state index contributed by atoms with van der Waals surface area (Å²) in [6.07, 6.45) is -0.614. The fourth-order valence-electron chi connectivity index (χ4n) is 5.90. The van der Waals surface area contributed by atoms with Crippen molar-refractivity contribution in [1.82, 2.24) is 15.2 Å². The van der Waals surface area contributed by atoms with Crippen molar-refractivity contribution in [1.29, 1.82) is 0 Å². The Kier molecular flexibility index (Phi) is 6.81. The first-order valence-corrected chi connectivity index (χ1v) is 13.4. The lowest BCUT2D eigenvalue weighted by molar-refractivity contribution is -0.145. The molecule has 1 fully saturated rings. The summed E-state index contributed by atoms with van der Waals surface area (Å²) in [5.74, 6) is -3.80. The summed E-state index contributed by atoms with van der Waals surface area (Å²) < 4.78 is 5.31. The number of para-hydroxylation sites is 2. The zero-order valence-electron chi connectivity index (χ0n) is 22.8. The molecule has 12 nitrogen and oxygen atoms in total. The van der Waals surface area contributed by atoms with E-state index in [9.17, 15) is 29.1 Å². The number of nitrogens with zero attached hydrogens (tertiary/aromatic N) is 2. The highest BCUT2D eigenvalue weighted by Gasteiger charge is 2.53. The molecule has 1 saturated heterocycles. The third kappa shape index (κ3) is 4.62. The summed E-state index contributed by atoms with van der Waals surface area (Å²) in [5.41, 5.74) is 3.11. The number of H-pyrrole nitrogens is 1. The van der Waals surface area contributed by atoms with Gasteiger partial charge in [-0.25, -0.2) is 14.5 Å². The Labute approximate surface area is 244 Å². The quantitative estimate of drug-likeness (QED) is 0.229. The fourth-order valence-corrected chi connectivity index (χ4v) is 5.90. The van der Waals surface area contributed by atoms with Crippen LogP contribution in [0.3, 0.4) is 0 Å². The molecule has 0 spiro atoms. The van der Waals surface area contributed by atoms with Crippen molar-refractivity contribution in [3.63, 3.8) is 0 Å². The molecule has 4 aromatic rings. The van der Waals surface area contributed by atoms with E-state index in [1.165, 1.54) is 23.1 Å². The molecule has 1 aromatic heterocycles. The number of carbonyl (C=O) groups excluding carboxylic acids is 3. The molecule has 3 atom stereocenters. The summed E-state index contributed by atoms with van der Waals surface area (Å²) in [5, 5.41) is 21.6. The van der Waals surface area contributed by atoms with Crippen LogP contribution in [-0.2, 0) is 20.8 Å². The fraction of sp³-hybridized carbons (Fsp3) is 0.194. The molecule has 43 heavy (non-hydrogen) atoms. The van der Waals surface area contributed by atoms with Crippen LogP contribution in [0.4, 0.5) is 10.5 Å². The largest absolute Gasteiger partial charge is 0.497 e. The summed E-state index contributed by atoms with van der Waals surface area (Å²) in [7, 11) is 1.55. The topological polar surface area (TPSA) is 169 Å². The van der Waals surface area contributed by atoms with Crippen molar-refractivity contribution < 1.29 is 38.9 Å². The SMILES string of the molecule is COc1ccc([C@@H]2c3[nH]c4ccccc4c3C[C@H]3C(=O)N(c4ccccc4C(=O)N[C@@H](CC(=O)O)C(=O)O)C(=O)N23)cc1. The molecule has 2 aliphatic rings. The number of benzene rings is 3. The molecule has 4 N–H and O–H groups in total. The number of hydrogen-bond donors (Lipinski definition) is 4. The monoisotopic (exact) mass is 582 g/mol. The predicted molar refractivity (Wildman–Crippen MR) is 153 cm³/mol. The number of ether oxygens (including phenoxy) is 1. The van der Waals surface area contributed by atoms with Gasteiger partial charge in [-0.05, 0) is 41.5 Å². The van der Waals surface area contributed by atoms with Crippen LogP contribution < -0.4 is 15.0 Å². The molecular weight excluding hydrogens is 556 g/mol. The number of urea groups is 1. The number of carbonyl (C=O) groups is 5. The van der Waals surface area contributed by atoms with E-state index in [2.05, 4.69) is 10.3 Å². The number of hydrogen-bond acceptors (Lipinski definition) is 6. The smallest absolute Gasteiger partial charge is 0.332 e. The molecule has 2 aliphatic heterocycles. The molecule has 3 heterocycles. The highest BCUT2D eigenvalue weighted by molar-refractivity contribution is 6.24. The normalized spacial score (nSPS) is 18.3. The number of imide groups is 1. The van der Waals surface area contributed by atoms with Crippen molar-refractivity contribution >= 4 is 46.4 Å². The summed E-state index contributed by atoms with van der Waals surface area (Å²) in [6, 6.07) is 16.8. The van der Waals surface area contributed by atoms with Gasteiger partial charge >= 0.3 is 18.0 Å². The van der Waals surface area contributed by atoms with Gasteiger partial charge in [-0.15, -0.1) is 0 Å². The number of aliphatic carboxylic acids is 2. The van der Waals surface area contributed by atoms with E-state index >= 15 is 0 Å². The third-order valence-corrected chi connectivity index (χ3v) is 7.85. The Morgan fingerprint density at radius 2 is 1.70 bits per heavy atom. The summed E-state index contributed by atoms with van der Waals surface area (Å²) in [6.45, 7) is 0. The number of methoxy groups -OCH3 is 1. The zero-order valence-corrected chi connectivity index (χ0v) is 22.8. The molecule has 3 aromatic carbocycles. The van der Waals surface area contributed by atoms with Crippen molar-refractivity contribution in [2.45, 2.75) is 31.0 Å². The maximum Gasteiger partial charge on any atom is 0.332 e. The number of anilines is 1. The molecule has 0 aliphatic carbocycles. The van der Waals surface area contributed by atoms with Gasteiger partial charge in [0.15, 0.2) is 0 Å². The van der Waals surface area contributed by atoms with Gasteiger partial charge in [0.2, 0.25) is 0 Å². The van der Waals surface area contributed by atoms with Crippen molar-refractivity contribution in [3.05, 3.63) is 95.2 Å². The molecule has 12 heteroatoms. The minimum Gasteiger partial charge on any atom is -0.497 e. The number of aromatic amines is 1. The molecule has 218 valence electrons. The molecular formula is C31H26N4O8. The second-order valence-corrected chi connectivity index (χ2v) is 10.3. The lowest BCUT2D eigenvalue weighted by Gasteiger charge is -2.36. The Morgan fingerprint density at radius 1 is 1.00 bits per heavy atom. The van der Waals surface area contributed by atoms with Crippen LogP contribution >= 0.6 is 0 Å². The first-order chi connectivity index (χ1) is 20.7. The number of nitrogens with one attached hydrogen (secondary N) is 2. The number of rotatable bonds is 8. The Balaban J connectivity index is 1.42. The highest BCUT2D eigenvalue weighted by Crippen LogP contribution is 2.45. The van der Waals surface area contributed by atoms with E-state index in [1.54, 1.807) is 25.3 Å². The van der Waals surface area contributed by atoms with E-state index in [0.717, 1.165) is 32.6 Å². The van der Waals surface area contributed by atoms with E-state index in [0.29, 0.717) is 5.75 Å². The van der Waals surface area contributed by atoms with Gasteiger partial charge in [0.1, 0.15) is 23.9 Å². The van der Waals surface area contributed by atoms with Crippen LogP contribution in [0.1, 0.15) is 39.6 Å². The number of carboxylic acids is 2. The van der Waals surface area contributed by atoms with Crippen molar-refractivity contribution in [3.8, 4) is 5.75 Å². The molecule has 0 bridgehead atoms. The molecule has 0 saturated carbocycles. The maximum atomic E-state index is 14.2. The van der Waals surface area contributed by atoms with Crippen LogP contribution in [-0.4, -0.2) is 69.1 Å². The van der Waals surface area contributed by atoms with Gasteiger partial charge in [0.05, 0.1) is 24.8 Å². The first kappa shape index (κ1) is 27.5. The Hall–Kier alpha value is -5.65. The Morgan fingerprint density at radius 3 is 2.40 bits per heavy atom. The summed E-state index contributed by atoms with van der Waals surface area (Å²) in [4.78, 5) is 70.2. The predicted octanol–water partition coefficient (Wildman–Crippen LogP) is 3.32. The molecule has 6 rings (SSSR count). The number of amides is 4. The highest BCUT2D eigenvalue weighted by atomic mass is 16.5. The molecule has 4 amide bonds. The van der Waals surface area contributed by atoms with E-state index in [-0.39, 0.29) is 17.7 Å². The van der Waals surface area contributed by atoms with Gasteiger partial charge in [0.25, 0.3) is 11.8 Å². The standard InChI is InChI=1S/C31H26N4O8/c1-43-17-12-10-16(11-13-17)27-26-20(18-6-2-4-8-21(18)32-26)14-24-29(39)35(31(42)34(24)27)23-9-5-3-7-19(23)28(38)33-22(30(40)41)15-25(36)37/h2-13,22,24,27,32H,14-15H2,1H3,(H,33,38)(H,36,37)(H,40,41)/t22-,24-,27+/m0/s1. The van der Waals surface area contributed by atoms with Crippen LogP contribution in [0.5, 0.6) is 5.75 Å². The van der Waals surface area contributed by atoms with Crippen molar-refractivity contribution in [2.24, 2.45) is 0 Å². The average molecular weight is 583 g/mol. The lowest BCUT2D eigenvalue weighted by Crippen LogP contribution is -2.44. The second-order valence-electron chi connectivity index (χ2n) is 10.3. The minimum absolute atomic E-state index is 0.0362. The van der Waals surface area contributed by atoms with Gasteiger partial charge in [0, 0.05) is 23.0 Å². The van der Waals surface area contributed by atoms with Gasteiger partial charge in [-0.2, -0.15) is 0 Å². The molecule has 0 unspecified atom stereocenters. The van der Waals surface area contributed by atoms with E-state index in [1.807, 2.05) is 36.4 Å². The average Bonchev–Trinajstić information content (AvgIpc) is 3.49. The number of fused-ring (bicyclic) bond motifs is 4. The maximum absolute atomic E-state index is 14.2. The Bertz CT molecular complexity index is 1800. The van der Waals surface area contributed by atoms with Crippen LogP contribution in [0, 0.1) is 0 Å². The van der Waals surface area contributed by atoms with Crippen molar-refractivity contribution in [2.75, 3.05) is 12.0 Å². The van der Waals surface area contributed by atoms with Gasteiger partial charge in [-0.3, -0.25) is 19.3 Å². The number of carboxylic acid groups (broad SMARTS) is 2. The van der Waals surface area contributed by atoms with Crippen LogP contribution in [0.15, 0.2) is 72.8 Å². The van der Waals surface area contributed by atoms with Crippen LogP contribution in [0.25, 0.3) is 10.9 Å². The number of aromatic nitrogens is 1. The van der Waals surface area contributed by atoms with E-state index < -0.39 is 54.3 Å². The van der Waals surface area contributed by atoms with Gasteiger partial charge in [-0.1, -0.05) is 42.5 Å².